The second-order valence-corrected chi connectivity index (χ2v) is 9.37. The van der Waals surface area contributed by atoms with Crippen molar-refractivity contribution in [1.82, 2.24) is 14.6 Å². The maximum absolute atomic E-state index is 13.2. The molecule has 12 nitrogen and oxygen atoms in total. The number of aliphatic hydroxyl groups is 1. The van der Waals surface area contributed by atoms with Crippen molar-refractivity contribution >= 4 is 35.7 Å². The summed E-state index contributed by atoms with van der Waals surface area (Å²) in [7, 11) is -2.91. The normalized spacial score (nSPS) is 21.9. The number of carbonyl (C=O) groups is 1. The molecule has 184 valence electrons. The van der Waals surface area contributed by atoms with Crippen LogP contribution in [0.1, 0.15) is 18.2 Å². The van der Waals surface area contributed by atoms with Crippen LogP contribution in [0.2, 0.25) is 0 Å². The fourth-order valence-electron chi connectivity index (χ4n) is 3.07. The first kappa shape index (κ1) is 26.1. The molecule has 0 aliphatic carbocycles. The minimum absolute atomic E-state index is 0.0108. The highest BCUT2D eigenvalue weighted by molar-refractivity contribution is 9.11. The molecule has 3 rings (SSSR count). The lowest BCUT2D eigenvalue weighted by molar-refractivity contribution is -0.139. The van der Waals surface area contributed by atoms with Gasteiger partial charge in [0.15, 0.2) is 0 Å². The van der Waals surface area contributed by atoms with Crippen molar-refractivity contribution in [3.05, 3.63) is 67.9 Å². The molecule has 4 unspecified atom stereocenters. The summed E-state index contributed by atoms with van der Waals surface area (Å²) in [5, 5.41) is 12.8. The molecule has 1 aromatic carbocycles. The van der Waals surface area contributed by atoms with E-state index in [4.69, 9.17) is 13.8 Å². The van der Waals surface area contributed by atoms with E-state index >= 15 is 0 Å². The van der Waals surface area contributed by atoms with Crippen molar-refractivity contribution in [3.63, 3.8) is 0 Å². The van der Waals surface area contributed by atoms with E-state index in [0.29, 0.717) is 0 Å². The number of aromatic amines is 1. The molecular formula is C20H23BrN3O9P. The van der Waals surface area contributed by atoms with Gasteiger partial charge < -0.3 is 19.1 Å². The molecule has 2 heterocycles. The van der Waals surface area contributed by atoms with Crippen LogP contribution in [0.3, 0.4) is 0 Å². The molecule has 0 radical (unpaired) electrons. The Bertz CT molecular complexity index is 1180. The lowest BCUT2D eigenvalue weighted by atomic mass is 10.2. The Labute approximate surface area is 202 Å². The van der Waals surface area contributed by atoms with Crippen LogP contribution in [-0.2, 0) is 23.4 Å². The molecule has 1 aliphatic rings. The number of para-hydroxylation sites is 1. The van der Waals surface area contributed by atoms with E-state index in [1.165, 1.54) is 24.4 Å². The standard InChI is InChI=1S/C20H23BrN3O9P/c1-30-18(26)10-22-34(29,33-14-5-3-2-4-6-14)31-12-16-15(25)9-17(32-16)24-11-13(7-8-21)19(27)23-20(24)28/h2-8,11,15-17,25H,9-10,12H2,1H3,(H,22,29)(H,23,27,28)/b8-7+. The van der Waals surface area contributed by atoms with Crippen molar-refractivity contribution in [2.75, 3.05) is 20.3 Å². The van der Waals surface area contributed by atoms with Gasteiger partial charge >= 0.3 is 19.4 Å². The molecule has 3 N–H and O–H groups in total. The lowest BCUT2D eigenvalue weighted by Gasteiger charge is -2.22. The number of nitrogens with zero attached hydrogens (tertiary/aromatic N) is 1. The van der Waals surface area contributed by atoms with Crippen LogP contribution >= 0.6 is 23.7 Å². The number of nitrogens with one attached hydrogen (secondary N) is 2. The molecule has 2 aromatic rings. The van der Waals surface area contributed by atoms with Gasteiger partial charge in [-0.1, -0.05) is 34.1 Å². The number of hydrogen-bond acceptors (Lipinski definition) is 9. The number of methoxy groups -OCH3 is 1. The number of ether oxygens (including phenoxy) is 2. The highest BCUT2D eigenvalue weighted by atomic mass is 79.9. The minimum atomic E-state index is -4.08. The van der Waals surface area contributed by atoms with E-state index in [-0.39, 0.29) is 24.3 Å². The quantitative estimate of drug-likeness (QED) is 0.287. The van der Waals surface area contributed by atoms with Gasteiger partial charge in [-0.3, -0.25) is 23.7 Å². The van der Waals surface area contributed by atoms with Gasteiger partial charge in [-0.25, -0.2) is 14.4 Å². The number of benzene rings is 1. The first-order valence-corrected chi connectivity index (χ1v) is 12.5. The van der Waals surface area contributed by atoms with Crippen LogP contribution in [0.5, 0.6) is 5.75 Å². The Balaban J connectivity index is 1.72. The van der Waals surface area contributed by atoms with Crippen molar-refractivity contribution in [3.8, 4) is 5.75 Å². The molecule has 14 heteroatoms. The fraction of sp³-hybridized carbons (Fsp3) is 0.350. The largest absolute Gasteiger partial charge is 0.468 e. The maximum Gasteiger partial charge on any atom is 0.459 e. The van der Waals surface area contributed by atoms with Crippen molar-refractivity contribution in [2.24, 2.45) is 0 Å². The molecule has 0 saturated carbocycles. The van der Waals surface area contributed by atoms with Crippen LogP contribution in [0.4, 0.5) is 0 Å². The van der Waals surface area contributed by atoms with Crippen LogP contribution in [0.25, 0.3) is 6.08 Å². The third kappa shape index (κ3) is 6.75. The number of hydrogen-bond donors (Lipinski definition) is 3. The second kappa shape index (κ2) is 11.7. The molecule has 4 atom stereocenters. The zero-order valence-electron chi connectivity index (χ0n) is 18.0. The summed E-state index contributed by atoms with van der Waals surface area (Å²) < 4.78 is 35.5. The van der Waals surface area contributed by atoms with Crippen molar-refractivity contribution in [2.45, 2.75) is 24.9 Å². The lowest BCUT2D eigenvalue weighted by Crippen LogP contribution is -2.33. The molecular weight excluding hydrogens is 537 g/mol. The van der Waals surface area contributed by atoms with Crippen LogP contribution < -0.4 is 20.9 Å². The second-order valence-electron chi connectivity index (χ2n) is 7.08. The Kier molecular flexibility index (Phi) is 9.00. The predicted molar refractivity (Wildman–Crippen MR) is 124 cm³/mol. The van der Waals surface area contributed by atoms with Crippen LogP contribution in [0, 0.1) is 0 Å². The van der Waals surface area contributed by atoms with Crippen molar-refractivity contribution < 1.29 is 33.0 Å². The third-order valence-corrected chi connectivity index (χ3v) is 6.52. The summed E-state index contributed by atoms with van der Waals surface area (Å²) in [5.41, 5.74) is -1.10. The van der Waals surface area contributed by atoms with E-state index in [1.807, 2.05) is 0 Å². The van der Waals surface area contributed by atoms with Gasteiger partial charge in [0, 0.05) is 12.6 Å². The fourth-order valence-corrected chi connectivity index (χ4v) is 4.63. The number of halogens is 1. The van der Waals surface area contributed by atoms with E-state index in [2.05, 4.69) is 30.7 Å². The Hall–Kier alpha value is -2.54. The smallest absolute Gasteiger partial charge is 0.459 e. The molecule has 34 heavy (non-hydrogen) atoms. The molecule has 0 spiro atoms. The summed E-state index contributed by atoms with van der Waals surface area (Å²) in [6.07, 6.45) is -0.202. The van der Waals surface area contributed by atoms with E-state index in [1.54, 1.807) is 30.3 Å². The minimum Gasteiger partial charge on any atom is -0.468 e. The zero-order valence-corrected chi connectivity index (χ0v) is 20.4. The van der Waals surface area contributed by atoms with E-state index in [9.17, 15) is 24.1 Å². The average Bonchev–Trinajstić information content (AvgIpc) is 3.19. The summed E-state index contributed by atoms with van der Waals surface area (Å²) in [5.74, 6) is -0.468. The number of esters is 1. The first-order chi connectivity index (χ1) is 16.2. The van der Waals surface area contributed by atoms with Gasteiger partial charge in [-0.15, -0.1) is 0 Å². The SMILES string of the molecule is COC(=O)CNP(=O)(OCC1OC(n2cc(/C=C/Br)c(=O)[nH]c2=O)CC1O)Oc1ccccc1. The third-order valence-electron chi connectivity index (χ3n) is 4.77. The van der Waals surface area contributed by atoms with Gasteiger partial charge in [0.05, 0.1) is 25.4 Å². The molecule has 1 saturated heterocycles. The number of carbonyl (C=O) groups excluding carboxylic acids is 1. The van der Waals surface area contributed by atoms with E-state index in [0.717, 1.165) is 4.57 Å². The van der Waals surface area contributed by atoms with Gasteiger partial charge in [0.2, 0.25) is 0 Å². The maximum atomic E-state index is 13.2. The molecule has 1 fully saturated rings. The van der Waals surface area contributed by atoms with Crippen molar-refractivity contribution in [1.29, 1.82) is 0 Å². The highest BCUT2D eigenvalue weighted by Crippen LogP contribution is 2.45. The summed E-state index contributed by atoms with van der Waals surface area (Å²) in [4.78, 5) is 39.3. The summed E-state index contributed by atoms with van der Waals surface area (Å²) >= 11 is 3.07. The topological polar surface area (TPSA) is 158 Å². The molecule has 1 aliphatic heterocycles. The van der Waals surface area contributed by atoms with Gasteiger partial charge in [-0.2, -0.15) is 0 Å². The van der Waals surface area contributed by atoms with Gasteiger partial charge in [-0.05, 0) is 23.2 Å². The molecule has 0 bridgehead atoms. The summed E-state index contributed by atoms with van der Waals surface area (Å²) in [6.45, 7) is -0.837. The van der Waals surface area contributed by atoms with Gasteiger partial charge in [0.25, 0.3) is 5.56 Å². The average molecular weight is 560 g/mol. The summed E-state index contributed by atoms with van der Waals surface area (Å²) in [6, 6.07) is 8.16. The number of rotatable bonds is 10. The predicted octanol–water partition coefficient (Wildman–Crippen LogP) is 1.52. The zero-order chi connectivity index (χ0) is 24.7. The first-order valence-electron chi connectivity index (χ1n) is 10.0. The Morgan fingerprint density at radius 3 is 2.79 bits per heavy atom. The monoisotopic (exact) mass is 559 g/mol. The highest BCUT2D eigenvalue weighted by Gasteiger charge is 2.38. The number of aromatic nitrogens is 2. The molecule has 0 amide bonds. The van der Waals surface area contributed by atoms with Crippen LogP contribution in [-0.4, -0.2) is 53.1 Å². The number of H-pyrrole nitrogens is 1. The van der Waals surface area contributed by atoms with Crippen LogP contribution in [0.15, 0.2) is 51.1 Å². The Morgan fingerprint density at radius 2 is 2.12 bits per heavy atom. The van der Waals surface area contributed by atoms with Gasteiger partial charge in [0.1, 0.15) is 24.6 Å². The Morgan fingerprint density at radius 1 is 1.38 bits per heavy atom. The number of aliphatic hydroxyl groups excluding tert-OH is 1. The van der Waals surface area contributed by atoms with E-state index < -0.39 is 49.9 Å². The molecule has 1 aromatic heterocycles.